The Hall–Kier alpha value is 0.430. The van der Waals surface area contributed by atoms with Crippen LogP contribution >= 0.6 is 7.26 Å². The van der Waals surface area contributed by atoms with Crippen LogP contribution in [0, 0.1) is 0 Å². The molecule has 0 atom stereocenters. The van der Waals surface area contributed by atoms with E-state index in [0.29, 0.717) is 0 Å². The summed E-state index contributed by atoms with van der Waals surface area (Å²) in [5, 5.41) is 0. The molecule has 0 bridgehead atoms. The van der Waals surface area contributed by atoms with Crippen LogP contribution < -0.4 is 0 Å². The van der Waals surface area contributed by atoms with Crippen LogP contribution in [0.2, 0.25) is 0 Å². The molecule has 0 aliphatic carbocycles. The van der Waals surface area contributed by atoms with Crippen LogP contribution in [0.25, 0.3) is 0 Å². The van der Waals surface area contributed by atoms with Crippen LogP contribution in [0.15, 0.2) is 0 Å². The third kappa shape index (κ3) is 15.2. The number of hydrogen-bond donors (Lipinski definition) is 0. The first-order valence-electron chi connectivity index (χ1n) is 12.1. The Morgan fingerprint density at radius 3 is 0.960 bits per heavy atom. The van der Waals surface area contributed by atoms with E-state index in [-0.39, 0.29) is 0 Å². The van der Waals surface area contributed by atoms with Gasteiger partial charge in [-0.1, -0.05) is 98.3 Å². The Labute approximate surface area is 162 Å². The molecule has 0 saturated heterocycles. The molecule has 0 rings (SSSR count). The van der Waals surface area contributed by atoms with Gasteiger partial charge < -0.3 is 0 Å². The zero-order chi connectivity index (χ0) is 18.6. The van der Waals surface area contributed by atoms with Gasteiger partial charge in [0.2, 0.25) is 0 Å². The SMILES string of the molecule is CCCCCCCCCCCC[P+](CCCC)(CCCC)CCCC. The maximum Gasteiger partial charge on any atom is 0.0594 e. The Balaban J connectivity index is 4.01. The third-order valence-electron chi connectivity index (χ3n) is 5.94. The van der Waals surface area contributed by atoms with Crippen molar-refractivity contribution in [1.29, 1.82) is 0 Å². The zero-order valence-electron chi connectivity index (χ0n) is 18.6. The highest BCUT2D eigenvalue weighted by Gasteiger charge is 2.34. The highest BCUT2D eigenvalue weighted by Crippen LogP contribution is 2.61. The van der Waals surface area contributed by atoms with E-state index >= 15 is 0 Å². The summed E-state index contributed by atoms with van der Waals surface area (Å²) in [6.45, 7) is 9.46. The maximum atomic E-state index is 2.38. The second-order valence-corrected chi connectivity index (χ2v) is 13.0. The zero-order valence-corrected chi connectivity index (χ0v) is 19.5. The molecule has 0 unspecified atom stereocenters. The van der Waals surface area contributed by atoms with Crippen LogP contribution in [-0.4, -0.2) is 24.6 Å². The van der Waals surface area contributed by atoms with E-state index in [2.05, 4.69) is 27.7 Å². The second-order valence-electron chi connectivity index (χ2n) is 8.48. The van der Waals surface area contributed by atoms with Gasteiger partial charge in [-0.2, -0.15) is 0 Å². The molecule has 0 aliphatic rings. The smallest absolute Gasteiger partial charge is 0.0594 e. The minimum absolute atomic E-state index is 0.620. The molecule has 0 spiro atoms. The normalized spacial score (nSPS) is 12.0. The molecule has 0 radical (unpaired) electrons. The van der Waals surface area contributed by atoms with Crippen molar-refractivity contribution >= 4 is 7.26 Å². The predicted octanol–water partition coefficient (Wildman–Crippen LogP) is 9.33. The van der Waals surface area contributed by atoms with Crippen molar-refractivity contribution in [2.75, 3.05) is 24.6 Å². The monoisotopic (exact) mass is 371 g/mol. The Morgan fingerprint density at radius 2 is 0.600 bits per heavy atom. The second kappa shape index (κ2) is 19.2. The molecule has 0 aliphatic heterocycles. The van der Waals surface area contributed by atoms with E-state index in [4.69, 9.17) is 0 Å². The predicted molar refractivity (Wildman–Crippen MR) is 123 cm³/mol. The lowest BCUT2D eigenvalue weighted by Gasteiger charge is -2.28. The average Bonchev–Trinajstić information content (AvgIpc) is 2.64. The first kappa shape index (κ1) is 25.4. The minimum Gasteiger partial charge on any atom is -0.0654 e. The average molecular weight is 372 g/mol. The lowest BCUT2D eigenvalue weighted by Crippen LogP contribution is -2.13. The van der Waals surface area contributed by atoms with Gasteiger partial charge in [0.15, 0.2) is 0 Å². The fourth-order valence-corrected chi connectivity index (χ4v) is 9.28. The van der Waals surface area contributed by atoms with Crippen molar-refractivity contribution in [3.05, 3.63) is 0 Å². The van der Waals surface area contributed by atoms with Gasteiger partial charge >= 0.3 is 0 Å². The lowest BCUT2D eigenvalue weighted by atomic mass is 10.1. The first-order chi connectivity index (χ1) is 12.2. The molecule has 0 amide bonds. The number of unbranched alkanes of at least 4 members (excludes halogenated alkanes) is 12. The van der Waals surface area contributed by atoms with Gasteiger partial charge in [0, 0.05) is 7.26 Å². The van der Waals surface area contributed by atoms with Crippen LogP contribution in [0.3, 0.4) is 0 Å². The molecule has 0 aromatic rings. The summed E-state index contributed by atoms with van der Waals surface area (Å²) in [6, 6.07) is 0. The fourth-order valence-electron chi connectivity index (χ4n) is 4.09. The van der Waals surface area contributed by atoms with Gasteiger partial charge in [-0.25, -0.2) is 0 Å². The maximum absolute atomic E-state index is 2.38. The van der Waals surface area contributed by atoms with Crippen molar-refractivity contribution in [2.24, 2.45) is 0 Å². The number of rotatable bonds is 20. The van der Waals surface area contributed by atoms with Crippen LogP contribution in [0.4, 0.5) is 0 Å². The molecular formula is C24H52P+. The molecule has 25 heavy (non-hydrogen) atoms. The molecule has 0 nitrogen and oxygen atoms in total. The minimum atomic E-state index is -0.620. The first-order valence-corrected chi connectivity index (χ1v) is 14.6. The molecule has 0 heterocycles. The summed E-state index contributed by atoms with van der Waals surface area (Å²) in [4.78, 5) is 0. The van der Waals surface area contributed by atoms with Crippen LogP contribution in [-0.2, 0) is 0 Å². The summed E-state index contributed by atoms with van der Waals surface area (Å²) in [5.41, 5.74) is 0. The molecule has 0 saturated carbocycles. The van der Waals surface area contributed by atoms with E-state index in [1.807, 2.05) is 0 Å². The molecule has 0 aromatic heterocycles. The summed E-state index contributed by atoms with van der Waals surface area (Å²) in [6.07, 6.45) is 30.0. The van der Waals surface area contributed by atoms with Crippen molar-refractivity contribution in [3.63, 3.8) is 0 Å². The Kier molecular flexibility index (Phi) is 19.5. The Morgan fingerprint density at radius 1 is 0.320 bits per heavy atom. The molecular weight excluding hydrogens is 319 g/mol. The highest BCUT2D eigenvalue weighted by molar-refractivity contribution is 7.75. The van der Waals surface area contributed by atoms with Gasteiger partial charge in [-0.05, 0) is 32.1 Å². The van der Waals surface area contributed by atoms with Crippen LogP contribution in [0.1, 0.15) is 130 Å². The summed E-state index contributed by atoms with van der Waals surface area (Å²) < 4.78 is 0. The molecule has 152 valence electrons. The van der Waals surface area contributed by atoms with E-state index in [0.717, 1.165) is 0 Å². The molecule has 0 N–H and O–H groups in total. The van der Waals surface area contributed by atoms with E-state index in [1.54, 1.807) is 31.1 Å². The summed E-state index contributed by atoms with van der Waals surface area (Å²) in [5.74, 6) is 0. The number of hydrogen-bond acceptors (Lipinski definition) is 0. The third-order valence-corrected chi connectivity index (χ3v) is 11.0. The standard InChI is InChI=1S/C24H52P/c1-5-9-13-14-15-16-17-18-19-20-24-25(21-10-6-2,22-11-7-3)23-12-8-4/h5-24H2,1-4H3/q+1. The highest BCUT2D eigenvalue weighted by atomic mass is 31.2. The van der Waals surface area contributed by atoms with Crippen molar-refractivity contribution < 1.29 is 0 Å². The van der Waals surface area contributed by atoms with E-state index in [9.17, 15) is 0 Å². The van der Waals surface area contributed by atoms with Gasteiger partial charge in [0.1, 0.15) is 0 Å². The quantitative estimate of drug-likeness (QED) is 0.148. The summed E-state index contributed by atoms with van der Waals surface area (Å²) in [7, 11) is -0.620. The van der Waals surface area contributed by atoms with Crippen molar-refractivity contribution in [2.45, 2.75) is 130 Å². The van der Waals surface area contributed by atoms with Crippen LogP contribution in [0.5, 0.6) is 0 Å². The fraction of sp³-hybridized carbons (Fsp3) is 1.00. The molecule has 0 fully saturated rings. The van der Waals surface area contributed by atoms with Crippen molar-refractivity contribution in [1.82, 2.24) is 0 Å². The summed E-state index contributed by atoms with van der Waals surface area (Å²) >= 11 is 0. The van der Waals surface area contributed by atoms with Gasteiger partial charge in [-0.15, -0.1) is 0 Å². The van der Waals surface area contributed by atoms with Gasteiger partial charge in [0.25, 0.3) is 0 Å². The van der Waals surface area contributed by atoms with Crippen molar-refractivity contribution in [3.8, 4) is 0 Å². The molecule has 0 aromatic carbocycles. The van der Waals surface area contributed by atoms with Gasteiger partial charge in [0.05, 0.1) is 24.6 Å². The topological polar surface area (TPSA) is 0 Å². The lowest BCUT2D eigenvalue weighted by molar-refractivity contribution is 0.562. The van der Waals surface area contributed by atoms with E-state index < -0.39 is 7.26 Å². The Bertz CT molecular complexity index is 227. The van der Waals surface area contributed by atoms with Gasteiger partial charge in [-0.3, -0.25) is 0 Å². The molecule has 1 heteroatoms. The van der Waals surface area contributed by atoms with E-state index in [1.165, 1.54) is 96.3 Å². The largest absolute Gasteiger partial charge is 0.0654 e.